The number of rotatable bonds is 7. The smallest absolute Gasteiger partial charge is 0.233 e. The molecule has 1 atom stereocenters. The Labute approximate surface area is 127 Å². The van der Waals surface area contributed by atoms with Crippen LogP contribution in [-0.2, 0) is 17.9 Å². The molecule has 1 N–H and O–H groups in total. The molecule has 114 valence electrons. The van der Waals surface area contributed by atoms with E-state index in [2.05, 4.69) is 34.7 Å². The third-order valence-electron chi connectivity index (χ3n) is 2.71. The van der Waals surface area contributed by atoms with E-state index in [4.69, 9.17) is 4.42 Å². The Morgan fingerprint density at radius 1 is 1.48 bits per heavy atom. The van der Waals surface area contributed by atoms with Crippen LogP contribution in [0.1, 0.15) is 26.5 Å². The molecule has 0 saturated carbocycles. The molecule has 0 spiro atoms. The highest BCUT2D eigenvalue weighted by molar-refractivity contribution is 8.00. The molecule has 0 radical (unpaired) electrons. The van der Waals surface area contributed by atoms with E-state index in [1.807, 2.05) is 13.0 Å². The van der Waals surface area contributed by atoms with Gasteiger partial charge in [-0.25, -0.2) is 4.68 Å². The van der Waals surface area contributed by atoms with Gasteiger partial charge >= 0.3 is 0 Å². The number of nitrogens with one attached hydrogen (secondary N) is 1. The Morgan fingerprint density at radius 2 is 2.29 bits per heavy atom. The summed E-state index contributed by atoms with van der Waals surface area (Å²) in [7, 11) is 0. The zero-order valence-electron chi connectivity index (χ0n) is 12.3. The number of carbonyl (C=O) groups excluding carboxylic acids is 1. The highest BCUT2D eigenvalue weighted by Gasteiger charge is 2.18. The van der Waals surface area contributed by atoms with Gasteiger partial charge in [-0.1, -0.05) is 25.6 Å². The second-order valence-corrected chi connectivity index (χ2v) is 6.40. The van der Waals surface area contributed by atoms with Crippen LogP contribution < -0.4 is 5.32 Å². The Hall–Kier alpha value is -1.83. The molecule has 2 aromatic rings. The highest BCUT2D eigenvalue weighted by Crippen LogP contribution is 2.21. The zero-order chi connectivity index (χ0) is 15.2. The molecule has 0 aliphatic heterocycles. The van der Waals surface area contributed by atoms with Crippen molar-refractivity contribution >= 4 is 17.7 Å². The normalized spacial score (nSPS) is 12.6. The van der Waals surface area contributed by atoms with E-state index in [0.29, 0.717) is 17.6 Å². The van der Waals surface area contributed by atoms with Gasteiger partial charge < -0.3 is 9.73 Å². The van der Waals surface area contributed by atoms with Crippen LogP contribution in [-0.4, -0.2) is 31.4 Å². The first kappa shape index (κ1) is 15.6. The molecular formula is C13H19N5O2S. The minimum absolute atomic E-state index is 0.0736. The summed E-state index contributed by atoms with van der Waals surface area (Å²) in [5, 5.41) is 14.8. The van der Waals surface area contributed by atoms with Crippen molar-refractivity contribution in [3.63, 3.8) is 0 Å². The van der Waals surface area contributed by atoms with Crippen molar-refractivity contribution in [3.05, 3.63) is 24.2 Å². The molecule has 2 rings (SSSR count). The number of carbonyl (C=O) groups is 1. The summed E-state index contributed by atoms with van der Waals surface area (Å²) >= 11 is 1.35. The average Bonchev–Trinajstić information content (AvgIpc) is 3.08. The Morgan fingerprint density at radius 3 is 2.95 bits per heavy atom. The summed E-state index contributed by atoms with van der Waals surface area (Å²) in [5.41, 5.74) is 0. The van der Waals surface area contributed by atoms with Crippen molar-refractivity contribution in [2.45, 2.75) is 44.3 Å². The number of furan rings is 1. The largest absolute Gasteiger partial charge is 0.467 e. The highest BCUT2D eigenvalue weighted by atomic mass is 32.2. The van der Waals surface area contributed by atoms with Crippen molar-refractivity contribution < 1.29 is 9.21 Å². The molecule has 7 nitrogen and oxygen atoms in total. The van der Waals surface area contributed by atoms with E-state index in [-0.39, 0.29) is 11.2 Å². The summed E-state index contributed by atoms with van der Waals surface area (Å²) in [5.74, 6) is 1.09. The van der Waals surface area contributed by atoms with E-state index in [1.54, 1.807) is 17.0 Å². The van der Waals surface area contributed by atoms with E-state index in [9.17, 15) is 4.79 Å². The van der Waals surface area contributed by atoms with Crippen LogP contribution in [0.4, 0.5) is 0 Å². The minimum atomic E-state index is -0.281. The average molecular weight is 309 g/mol. The third-order valence-corrected chi connectivity index (χ3v) is 3.78. The van der Waals surface area contributed by atoms with Crippen molar-refractivity contribution in [2.75, 3.05) is 0 Å². The van der Waals surface area contributed by atoms with E-state index >= 15 is 0 Å². The van der Waals surface area contributed by atoms with Crippen LogP contribution in [0.25, 0.3) is 0 Å². The maximum Gasteiger partial charge on any atom is 0.233 e. The zero-order valence-corrected chi connectivity index (χ0v) is 13.1. The van der Waals surface area contributed by atoms with Gasteiger partial charge in [0.25, 0.3) is 0 Å². The van der Waals surface area contributed by atoms with Crippen LogP contribution in [0.2, 0.25) is 0 Å². The lowest BCUT2D eigenvalue weighted by Crippen LogP contribution is -2.30. The molecule has 0 fully saturated rings. The predicted molar refractivity (Wildman–Crippen MR) is 78.5 cm³/mol. The van der Waals surface area contributed by atoms with Crippen molar-refractivity contribution in [2.24, 2.45) is 5.92 Å². The summed E-state index contributed by atoms with van der Waals surface area (Å²) in [6, 6.07) is 3.61. The van der Waals surface area contributed by atoms with Crippen LogP contribution in [0.3, 0.4) is 0 Å². The maximum atomic E-state index is 12.0. The van der Waals surface area contributed by atoms with Crippen molar-refractivity contribution in [1.29, 1.82) is 0 Å². The number of nitrogens with zero attached hydrogens (tertiary/aromatic N) is 4. The second-order valence-electron chi connectivity index (χ2n) is 5.09. The third kappa shape index (κ3) is 4.59. The van der Waals surface area contributed by atoms with Gasteiger partial charge in [0.2, 0.25) is 11.1 Å². The van der Waals surface area contributed by atoms with Gasteiger partial charge in [-0.15, -0.1) is 5.10 Å². The molecule has 0 aliphatic rings. The molecule has 1 amide bonds. The summed E-state index contributed by atoms with van der Waals surface area (Å²) < 4.78 is 6.90. The Kier molecular flexibility index (Phi) is 5.38. The minimum Gasteiger partial charge on any atom is -0.467 e. The molecule has 1 unspecified atom stereocenters. The molecule has 0 bridgehead atoms. The van der Waals surface area contributed by atoms with Gasteiger partial charge in [-0.3, -0.25) is 4.79 Å². The van der Waals surface area contributed by atoms with Crippen LogP contribution in [0.5, 0.6) is 0 Å². The Balaban J connectivity index is 1.87. The topological polar surface area (TPSA) is 85.8 Å². The maximum absolute atomic E-state index is 12.0. The van der Waals surface area contributed by atoms with Crippen LogP contribution >= 0.6 is 11.8 Å². The number of hydrogen-bond acceptors (Lipinski definition) is 6. The van der Waals surface area contributed by atoms with Crippen LogP contribution in [0, 0.1) is 5.92 Å². The molecule has 21 heavy (non-hydrogen) atoms. The SMILES string of the molecule is CC(C)Cn1nnnc1SC(C)C(=O)NCc1ccco1. The van der Waals surface area contributed by atoms with E-state index < -0.39 is 0 Å². The van der Waals surface area contributed by atoms with Gasteiger partial charge in [0.15, 0.2) is 0 Å². The van der Waals surface area contributed by atoms with Crippen molar-refractivity contribution in [1.82, 2.24) is 25.5 Å². The van der Waals surface area contributed by atoms with E-state index in [0.717, 1.165) is 12.3 Å². The van der Waals surface area contributed by atoms with E-state index in [1.165, 1.54) is 11.8 Å². The summed E-state index contributed by atoms with van der Waals surface area (Å²) in [4.78, 5) is 12.0. The number of thioether (sulfide) groups is 1. The molecule has 0 aliphatic carbocycles. The Bertz CT molecular complexity index is 567. The summed E-state index contributed by atoms with van der Waals surface area (Å²) in [6.07, 6.45) is 1.58. The fourth-order valence-electron chi connectivity index (χ4n) is 1.68. The van der Waals surface area contributed by atoms with Gasteiger partial charge in [0.05, 0.1) is 18.1 Å². The summed E-state index contributed by atoms with van der Waals surface area (Å²) in [6.45, 7) is 7.13. The first-order chi connectivity index (χ1) is 10.1. The second kappa shape index (κ2) is 7.26. The first-order valence-electron chi connectivity index (χ1n) is 6.79. The molecule has 2 aromatic heterocycles. The number of amides is 1. The van der Waals surface area contributed by atoms with Gasteiger partial charge in [0.1, 0.15) is 5.76 Å². The predicted octanol–water partition coefficient (Wildman–Crippen LogP) is 1.72. The van der Waals surface area contributed by atoms with Gasteiger partial charge in [-0.2, -0.15) is 0 Å². The molecule has 0 aromatic carbocycles. The monoisotopic (exact) mass is 309 g/mol. The lowest BCUT2D eigenvalue weighted by molar-refractivity contribution is -0.120. The molecular weight excluding hydrogens is 290 g/mol. The van der Waals surface area contributed by atoms with Gasteiger partial charge in [0, 0.05) is 6.54 Å². The standard InChI is InChI=1S/C13H19N5O2S/c1-9(2)8-18-13(15-16-17-18)21-10(3)12(19)14-7-11-5-4-6-20-11/h4-6,9-10H,7-8H2,1-3H3,(H,14,19). The van der Waals surface area contributed by atoms with Crippen LogP contribution in [0.15, 0.2) is 28.0 Å². The lowest BCUT2D eigenvalue weighted by atomic mass is 10.2. The fraction of sp³-hybridized carbons (Fsp3) is 0.538. The molecule has 0 saturated heterocycles. The quantitative estimate of drug-likeness (QED) is 0.784. The van der Waals surface area contributed by atoms with Gasteiger partial charge in [-0.05, 0) is 35.4 Å². The molecule has 8 heteroatoms. The number of aromatic nitrogens is 4. The number of tetrazole rings is 1. The first-order valence-corrected chi connectivity index (χ1v) is 7.67. The van der Waals surface area contributed by atoms with Crippen molar-refractivity contribution in [3.8, 4) is 0 Å². The lowest BCUT2D eigenvalue weighted by Gasteiger charge is -2.11. The fourth-order valence-corrected chi connectivity index (χ4v) is 2.51. The molecule has 2 heterocycles. The number of hydrogen-bond donors (Lipinski definition) is 1.